The molecule has 1 saturated heterocycles. The molecule has 0 saturated carbocycles. The Labute approximate surface area is 120 Å². The Morgan fingerprint density at radius 3 is 2.60 bits per heavy atom. The van der Waals surface area contributed by atoms with Gasteiger partial charge in [-0.05, 0) is 30.9 Å². The van der Waals surface area contributed by atoms with Gasteiger partial charge in [-0.25, -0.2) is 0 Å². The van der Waals surface area contributed by atoms with E-state index in [1.165, 1.54) is 18.4 Å². The van der Waals surface area contributed by atoms with Crippen molar-refractivity contribution in [2.45, 2.75) is 32.1 Å². The van der Waals surface area contributed by atoms with Gasteiger partial charge in [-0.1, -0.05) is 25.0 Å². The second kappa shape index (κ2) is 5.73. The lowest BCUT2D eigenvalue weighted by atomic mass is 10.1. The van der Waals surface area contributed by atoms with E-state index in [2.05, 4.69) is 11.0 Å². The number of likely N-dealkylation sites (tertiary alicyclic amines) is 1. The van der Waals surface area contributed by atoms with Crippen molar-refractivity contribution in [1.82, 2.24) is 4.90 Å². The lowest BCUT2D eigenvalue weighted by molar-refractivity contribution is -0.129. The van der Waals surface area contributed by atoms with Crippen LogP contribution in [-0.2, 0) is 11.2 Å². The average Bonchev–Trinajstić information content (AvgIpc) is 2.69. The summed E-state index contributed by atoms with van der Waals surface area (Å²) >= 11 is 0. The molecule has 3 rings (SSSR count). The van der Waals surface area contributed by atoms with Gasteiger partial charge in [0.25, 0.3) is 0 Å². The van der Waals surface area contributed by atoms with E-state index in [-0.39, 0.29) is 5.91 Å². The lowest BCUT2D eigenvalue weighted by Gasteiger charge is -2.26. The van der Waals surface area contributed by atoms with Crippen LogP contribution in [0.15, 0.2) is 18.2 Å². The normalized spacial score (nSPS) is 18.8. The highest BCUT2D eigenvalue weighted by Crippen LogP contribution is 2.33. The van der Waals surface area contributed by atoms with E-state index in [1.807, 2.05) is 17.0 Å². The van der Waals surface area contributed by atoms with Crippen LogP contribution in [0.25, 0.3) is 0 Å². The lowest BCUT2D eigenvalue weighted by Crippen LogP contribution is -2.40. The molecule has 2 aliphatic rings. The van der Waals surface area contributed by atoms with Gasteiger partial charge in [-0.2, -0.15) is 0 Å². The third-order valence-corrected chi connectivity index (χ3v) is 4.40. The summed E-state index contributed by atoms with van der Waals surface area (Å²) in [5.74, 6) is 0.253. The molecule has 0 bridgehead atoms. The fourth-order valence-corrected chi connectivity index (χ4v) is 3.31. The standard InChI is InChI=1S/C16H23N3O/c17-14-7-5-6-13-8-11-19(16(13)14)12-15(20)18-9-3-1-2-4-10-18/h5-7H,1-4,8-12,17H2. The summed E-state index contributed by atoms with van der Waals surface area (Å²) in [6, 6.07) is 6.03. The third-order valence-electron chi connectivity index (χ3n) is 4.40. The van der Waals surface area contributed by atoms with Gasteiger partial charge in [0, 0.05) is 19.6 Å². The second-order valence-corrected chi connectivity index (χ2v) is 5.82. The van der Waals surface area contributed by atoms with Gasteiger partial charge >= 0.3 is 0 Å². The summed E-state index contributed by atoms with van der Waals surface area (Å²) in [7, 11) is 0. The second-order valence-electron chi connectivity index (χ2n) is 5.82. The summed E-state index contributed by atoms with van der Waals surface area (Å²) < 4.78 is 0. The van der Waals surface area contributed by atoms with Crippen LogP contribution >= 0.6 is 0 Å². The van der Waals surface area contributed by atoms with E-state index in [9.17, 15) is 4.79 Å². The number of anilines is 2. The van der Waals surface area contributed by atoms with E-state index < -0.39 is 0 Å². The van der Waals surface area contributed by atoms with Crippen molar-refractivity contribution in [1.29, 1.82) is 0 Å². The monoisotopic (exact) mass is 273 g/mol. The molecule has 0 radical (unpaired) electrons. The smallest absolute Gasteiger partial charge is 0.242 e. The zero-order chi connectivity index (χ0) is 13.9. The zero-order valence-electron chi connectivity index (χ0n) is 12.0. The number of hydrogen-bond acceptors (Lipinski definition) is 3. The highest BCUT2D eigenvalue weighted by Gasteiger charge is 2.25. The first kappa shape index (κ1) is 13.3. The fourth-order valence-electron chi connectivity index (χ4n) is 3.31. The summed E-state index contributed by atoms with van der Waals surface area (Å²) in [4.78, 5) is 16.7. The maximum absolute atomic E-state index is 12.5. The Bertz CT molecular complexity index is 492. The number of rotatable bonds is 2. The minimum atomic E-state index is 0.253. The molecule has 0 atom stereocenters. The number of nitrogens with two attached hydrogens (primary N) is 1. The zero-order valence-corrected chi connectivity index (χ0v) is 12.0. The molecule has 0 aliphatic carbocycles. The Kier molecular flexibility index (Phi) is 3.81. The SMILES string of the molecule is Nc1cccc2c1N(CC(=O)N1CCCCCC1)CC2. The number of carbonyl (C=O) groups excluding carboxylic acids is 1. The van der Waals surface area contributed by atoms with E-state index in [0.29, 0.717) is 6.54 Å². The molecule has 1 amide bonds. The average molecular weight is 273 g/mol. The van der Waals surface area contributed by atoms with Crippen LogP contribution in [0.3, 0.4) is 0 Å². The van der Waals surface area contributed by atoms with Crippen molar-refractivity contribution in [3.05, 3.63) is 23.8 Å². The first-order chi connectivity index (χ1) is 9.75. The number of para-hydroxylation sites is 1. The molecule has 1 aromatic carbocycles. The van der Waals surface area contributed by atoms with Crippen molar-refractivity contribution in [3.63, 3.8) is 0 Å². The number of fused-ring (bicyclic) bond motifs is 1. The van der Waals surface area contributed by atoms with Crippen LogP contribution in [0.5, 0.6) is 0 Å². The minimum Gasteiger partial charge on any atom is -0.397 e. The Morgan fingerprint density at radius 1 is 1.10 bits per heavy atom. The summed E-state index contributed by atoms with van der Waals surface area (Å²) in [5, 5.41) is 0. The van der Waals surface area contributed by atoms with E-state index in [4.69, 9.17) is 5.73 Å². The van der Waals surface area contributed by atoms with Crippen LogP contribution < -0.4 is 10.6 Å². The number of carbonyl (C=O) groups is 1. The predicted molar refractivity (Wildman–Crippen MR) is 81.8 cm³/mol. The predicted octanol–water partition coefficient (Wildman–Crippen LogP) is 2.03. The number of hydrogen-bond donors (Lipinski definition) is 1. The minimum absolute atomic E-state index is 0.253. The molecule has 2 heterocycles. The molecular formula is C16H23N3O. The third kappa shape index (κ3) is 2.60. The molecule has 0 aromatic heterocycles. The molecule has 4 nitrogen and oxygen atoms in total. The number of benzene rings is 1. The Morgan fingerprint density at radius 2 is 1.85 bits per heavy atom. The molecule has 0 spiro atoms. The van der Waals surface area contributed by atoms with Crippen molar-refractivity contribution in [2.24, 2.45) is 0 Å². The van der Waals surface area contributed by atoms with Crippen molar-refractivity contribution in [3.8, 4) is 0 Å². The number of nitrogens with zero attached hydrogens (tertiary/aromatic N) is 2. The van der Waals surface area contributed by atoms with Crippen LogP contribution in [0.2, 0.25) is 0 Å². The van der Waals surface area contributed by atoms with E-state index in [1.54, 1.807) is 0 Å². The molecule has 108 valence electrons. The van der Waals surface area contributed by atoms with Gasteiger partial charge in [0.15, 0.2) is 0 Å². The molecule has 1 fully saturated rings. The van der Waals surface area contributed by atoms with Crippen LogP contribution in [-0.4, -0.2) is 37.0 Å². The summed E-state index contributed by atoms with van der Waals surface area (Å²) in [6.45, 7) is 3.22. The van der Waals surface area contributed by atoms with Crippen molar-refractivity contribution < 1.29 is 4.79 Å². The molecule has 4 heteroatoms. The first-order valence-electron chi connectivity index (χ1n) is 7.66. The Balaban J connectivity index is 1.69. The van der Waals surface area contributed by atoms with Gasteiger partial charge in [-0.3, -0.25) is 4.79 Å². The summed E-state index contributed by atoms with van der Waals surface area (Å²) in [5.41, 5.74) is 9.22. The maximum atomic E-state index is 12.5. The van der Waals surface area contributed by atoms with Gasteiger partial charge < -0.3 is 15.5 Å². The van der Waals surface area contributed by atoms with Crippen LogP contribution in [0, 0.1) is 0 Å². The first-order valence-corrected chi connectivity index (χ1v) is 7.66. The van der Waals surface area contributed by atoms with E-state index in [0.717, 1.165) is 50.3 Å². The van der Waals surface area contributed by atoms with Crippen molar-refractivity contribution >= 4 is 17.3 Å². The molecule has 20 heavy (non-hydrogen) atoms. The molecular weight excluding hydrogens is 250 g/mol. The molecule has 0 unspecified atom stereocenters. The van der Waals surface area contributed by atoms with Crippen LogP contribution in [0.1, 0.15) is 31.2 Å². The van der Waals surface area contributed by atoms with Gasteiger partial charge in [-0.15, -0.1) is 0 Å². The molecule has 2 N–H and O–H groups in total. The largest absolute Gasteiger partial charge is 0.397 e. The number of amides is 1. The fraction of sp³-hybridized carbons (Fsp3) is 0.562. The topological polar surface area (TPSA) is 49.6 Å². The maximum Gasteiger partial charge on any atom is 0.242 e. The van der Waals surface area contributed by atoms with Gasteiger partial charge in [0.1, 0.15) is 0 Å². The van der Waals surface area contributed by atoms with Crippen molar-refractivity contribution in [2.75, 3.05) is 36.8 Å². The van der Waals surface area contributed by atoms with Crippen LogP contribution in [0.4, 0.5) is 11.4 Å². The molecule has 1 aromatic rings. The number of nitrogen functional groups attached to an aromatic ring is 1. The molecule has 2 aliphatic heterocycles. The quantitative estimate of drug-likeness (QED) is 0.839. The Hall–Kier alpha value is -1.71. The van der Waals surface area contributed by atoms with Gasteiger partial charge in [0.2, 0.25) is 5.91 Å². The van der Waals surface area contributed by atoms with E-state index >= 15 is 0 Å². The van der Waals surface area contributed by atoms with Gasteiger partial charge in [0.05, 0.1) is 17.9 Å². The summed E-state index contributed by atoms with van der Waals surface area (Å²) in [6.07, 6.45) is 5.79. The highest BCUT2D eigenvalue weighted by molar-refractivity contribution is 5.85. The highest BCUT2D eigenvalue weighted by atomic mass is 16.2.